The molecule has 5 nitrogen and oxygen atoms in total. The number of hydrogen-bond donors (Lipinski definition) is 1. The zero-order valence-electron chi connectivity index (χ0n) is 9.52. The fraction of sp³-hybridized carbons (Fsp3) is 0.417. The first-order valence-corrected chi connectivity index (χ1v) is 5.92. The van der Waals surface area contributed by atoms with Crippen LogP contribution in [0.5, 0.6) is 0 Å². The normalized spacial score (nSPS) is 16.4. The molecule has 88 valence electrons. The van der Waals surface area contributed by atoms with Gasteiger partial charge in [-0.25, -0.2) is 9.97 Å². The smallest absolute Gasteiger partial charge is 0.270 e. The number of likely N-dealkylation sites (tertiary alicyclic amines) is 1. The number of amides is 1. The van der Waals surface area contributed by atoms with Crippen molar-refractivity contribution in [2.75, 3.05) is 13.1 Å². The number of carbonyl (C=O) groups is 1. The van der Waals surface area contributed by atoms with Gasteiger partial charge in [-0.05, 0) is 25.3 Å². The Morgan fingerprint density at radius 3 is 2.88 bits per heavy atom. The van der Waals surface area contributed by atoms with Gasteiger partial charge in [0.2, 0.25) is 0 Å². The third kappa shape index (κ3) is 1.88. The Bertz CT molecular complexity index is 509. The largest absolute Gasteiger partial charge is 0.337 e. The predicted molar refractivity (Wildman–Crippen MR) is 63.6 cm³/mol. The Balaban J connectivity index is 1.89. The summed E-state index contributed by atoms with van der Waals surface area (Å²) < 4.78 is 0. The van der Waals surface area contributed by atoms with Crippen molar-refractivity contribution >= 4 is 16.9 Å². The van der Waals surface area contributed by atoms with Crippen molar-refractivity contribution in [3.63, 3.8) is 0 Å². The van der Waals surface area contributed by atoms with Crippen molar-refractivity contribution in [2.45, 2.75) is 19.3 Å². The maximum atomic E-state index is 12.2. The van der Waals surface area contributed by atoms with Crippen LogP contribution in [0.15, 0.2) is 18.6 Å². The van der Waals surface area contributed by atoms with Crippen molar-refractivity contribution in [3.05, 3.63) is 24.3 Å². The lowest BCUT2D eigenvalue weighted by Crippen LogP contribution is -2.35. The minimum absolute atomic E-state index is 0.0719. The Hall–Kier alpha value is -1.91. The second-order valence-electron chi connectivity index (χ2n) is 4.36. The summed E-state index contributed by atoms with van der Waals surface area (Å²) in [6.07, 6.45) is 6.62. The highest BCUT2D eigenvalue weighted by Crippen LogP contribution is 2.16. The Kier molecular flexibility index (Phi) is 2.51. The van der Waals surface area contributed by atoms with E-state index in [1.54, 1.807) is 6.20 Å². The second-order valence-corrected chi connectivity index (χ2v) is 4.36. The average molecular weight is 230 g/mol. The molecule has 0 bridgehead atoms. The summed E-state index contributed by atoms with van der Waals surface area (Å²) in [5, 5.41) is 0.882. The fourth-order valence-corrected chi connectivity index (χ4v) is 2.25. The SMILES string of the molecule is O=C(c1cc2cncnc2[nH]1)N1CCCCC1. The molecule has 3 heterocycles. The van der Waals surface area contributed by atoms with Gasteiger partial charge in [0.25, 0.3) is 5.91 Å². The molecule has 2 aromatic rings. The summed E-state index contributed by atoms with van der Waals surface area (Å²) in [6, 6.07) is 1.83. The maximum Gasteiger partial charge on any atom is 0.270 e. The van der Waals surface area contributed by atoms with Crippen LogP contribution in [0.2, 0.25) is 0 Å². The lowest BCUT2D eigenvalue weighted by molar-refractivity contribution is 0.0719. The second kappa shape index (κ2) is 4.16. The van der Waals surface area contributed by atoms with E-state index in [4.69, 9.17) is 0 Å². The van der Waals surface area contributed by atoms with Gasteiger partial charge in [-0.2, -0.15) is 0 Å². The van der Waals surface area contributed by atoms with E-state index in [9.17, 15) is 4.79 Å². The monoisotopic (exact) mass is 230 g/mol. The third-order valence-electron chi connectivity index (χ3n) is 3.17. The van der Waals surface area contributed by atoms with Crippen molar-refractivity contribution in [1.82, 2.24) is 19.9 Å². The van der Waals surface area contributed by atoms with Crippen LogP contribution in [0.4, 0.5) is 0 Å². The lowest BCUT2D eigenvalue weighted by Gasteiger charge is -2.26. The molecule has 1 aliphatic heterocycles. The number of nitrogens with zero attached hydrogens (tertiary/aromatic N) is 3. The van der Waals surface area contributed by atoms with Crippen LogP contribution in [-0.4, -0.2) is 38.8 Å². The molecule has 0 aromatic carbocycles. The number of carbonyl (C=O) groups excluding carboxylic acids is 1. The average Bonchev–Trinajstić information content (AvgIpc) is 2.82. The number of nitrogens with one attached hydrogen (secondary N) is 1. The van der Waals surface area contributed by atoms with Crippen LogP contribution in [0.3, 0.4) is 0 Å². The summed E-state index contributed by atoms with van der Waals surface area (Å²) in [6.45, 7) is 1.72. The first kappa shape index (κ1) is 10.3. The molecule has 3 rings (SSSR count). The minimum Gasteiger partial charge on any atom is -0.337 e. The number of rotatable bonds is 1. The van der Waals surface area contributed by atoms with Gasteiger partial charge in [0.15, 0.2) is 0 Å². The quantitative estimate of drug-likeness (QED) is 0.809. The molecular weight excluding hydrogens is 216 g/mol. The first-order chi connectivity index (χ1) is 8.34. The van der Waals surface area contributed by atoms with E-state index in [0.29, 0.717) is 5.69 Å². The molecule has 0 radical (unpaired) electrons. The van der Waals surface area contributed by atoms with Gasteiger partial charge in [-0.1, -0.05) is 0 Å². The van der Waals surface area contributed by atoms with Crippen molar-refractivity contribution in [2.24, 2.45) is 0 Å². The molecule has 1 saturated heterocycles. The van der Waals surface area contributed by atoms with Crippen LogP contribution in [0.1, 0.15) is 29.8 Å². The van der Waals surface area contributed by atoms with Crippen molar-refractivity contribution < 1.29 is 4.79 Å². The van der Waals surface area contributed by atoms with Crippen LogP contribution in [0.25, 0.3) is 11.0 Å². The van der Waals surface area contributed by atoms with Gasteiger partial charge in [-0.3, -0.25) is 4.79 Å². The Morgan fingerprint density at radius 2 is 2.12 bits per heavy atom. The number of hydrogen-bond acceptors (Lipinski definition) is 3. The molecule has 1 fully saturated rings. The van der Waals surface area contributed by atoms with E-state index in [-0.39, 0.29) is 5.91 Å². The molecule has 0 saturated carbocycles. The van der Waals surface area contributed by atoms with E-state index >= 15 is 0 Å². The summed E-state index contributed by atoms with van der Waals surface area (Å²) in [7, 11) is 0. The molecule has 0 spiro atoms. The summed E-state index contributed by atoms with van der Waals surface area (Å²) in [4.78, 5) is 25.2. The molecule has 0 aliphatic carbocycles. The number of piperidine rings is 1. The van der Waals surface area contributed by atoms with Crippen LogP contribution < -0.4 is 0 Å². The molecule has 0 unspecified atom stereocenters. The number of H-pyrrole nitrogens is 1. The zero-order valence-corrected chi connectivity index (χ0v) is 9.52. The summed E-state index contributed by atoms with van der Waals surface area (Å²) >= 11 is 0. The van der Waals surface area contributed by atoms with Gasteiger partial charge >= 0.3 is 0 Å². The highest BCUT2D eigenvalue weighted by Gasteiger charge is 2.19. The third-order valence-corrected chi connectivity index (χ3v) is 3.17. The Labute approximate surface area is 98.9 Å². The van der Waals surface area contributed by atoms with Gasteiger partial charge in [-0.15, -0.1) is 0 Å². The molecule has 1 aliphatic rings. The number of aromatic nitrogens is 3. The molecule has 2 aromatic heterocycles. The standard InChI is InChI=1S/C12H14N4O/c17-12(16-4-2-1-3-5-16)10-6-9-7-13-8-14-11(9)15-10/h6-8H,1-5H2,(H,13,14,15). The zero-order chi connectivity index (χ0) is 11.7. The number of aromatic amines is 1. The lowest BCUT2D eigenvalue weighted by atomic mass is 10.1. The van der Waals surface area contributed by atoms with Crippen molar-refractivity contribution in [1.29, 1.82) is 0 Å². The minimum atomic E-state index is 0.0719. The molecule has 1 N–H and O–H groups in total. The van der Waals surface area contributed by atoms with E-state index in [2.05, 4.69) is 15.0 Å². The molecule has 0 atom stereocenters. The van der Waals surface area contributed by atoms with E-state index in [0.717, 1.165) is 37.0 Å². The highest BCUT2D eigenvalue weighted by atomic mass is 16.2. The van der Waals surface area contributed by atoms with E-state index in [1.165, 1.54) is 12.7 Å². The van der Waals surface area contributed by atoms with Gasteiger partial charge in [0.1, 0.15) is 17.7 Å². The summed E-state index contributed by atoms with van der Waals surface area (Å²) in [5.41, 5.74) is 1.34. The number of fused-ring (bicyclic) bond motifs is 1. The van der Waals surface area contributed by atoms with Gasteiger partial charge < -0.3 is 9.88 Å². The summed E-state index contributed by atoms with van der Waals surface area (Å²) in [5.74, 6) is 0.0719. The molecular formula is C12H14N4O. The van der Waals surface area contributed by atoms with Crippen LogP contribution in [-0.2, 0) is 0 Å². The fourth-order valence-electron chi connectivity index (χ4n) is 2.25. The van der Waals surface area contributed by atoms with E-state index in [1.807, 2.05) is 11.0 Å². The first-order valence-electron chi connectivity index (χ1n) is 5.92. The van der Waals surface area contributed by atoms with E-state index < -0.39 is 0 Å². The van der Waals surface area contributed by atoms with Crippen LogP contribution >= 0.6 is 0 Å². The highest BCUT2D eigenvalue weighted by molar-refractivity contribution is 5.97. The molecule has 1 amide bonds. The topological polar surface area (TPSA) is 61.9 Å². The van der Waals surface area contributed by atoms with Gasteiger partial charge in [0.05, 0.1) is 0 Å². The van der Waals surface area contributed by atoms with Gasteiger partial charge in [0, 0.05) is 24.7 Å². The Morgan fingerprint density at radius 1 is 1.29 bits per heavy atom. The molecule has 5 heteroatoms. The van der Waals surface area contributed by atoms with Crippen molar-refractivity contribution in [3.8, 4) is 0 Å². The molecule has 17 heavy (non-hydrogen) atoms. The maximum absolute atomic E-state index is 12.2. The van der Waals surface area contributed by atoms with Crippen LogP contribution in [0, 0.1) is 0 Å². The predicted octanol–water partition coefficient (Wildman–Crippen LogP) is 1.58.